The number of hydrogen-bond donors (Lipinski definition) is 1. The molecule has 7 nitrogen and oxygen atoms in total. The van der Waals surface area contributed by atoms with Crippen LogP contribution in [0.3, 0.4) is 0 Å². The van der Waals surface area contributed by atoms with Crippen LogP contribution in [0.15, 0.2) is 21.3 Å². The minimum atomic E-state index is -1.06. The largest absolute Gasteiger partial charge is 0.550 e. The van der Waals surface area contributed by atoms with Crippen LogP contribution >= 0.6 is 0 Å². The first-order chi connectivity index (χ1) is 12.8. The Morgan fingerprint density at radius 3 is 2.56 bits per heavy atom. The van der Waals surface area contributed by atoms with Crippen LogP contribution in [0.1, 0.15) is 42.4 Å². The number of carbonyl (C=O) groups is 2. The first kappa shape index (κ1) is 20.5. The Labute approximate surface area is 157 Å². The van der Waals surface area contributed by atoms with Crippen molar-refractivity contribution in [3.63, 3.8) is 0 Å². The van der Waals surface area contributed by atoms with Gasteiger partial charge in [0.2, 0.25) is 5.91 Å². The number of carboxylic acid groups (broad SMARTS) is 1. The lowest BCUT2D eigenvalue weighted by atomic mass is 10.0. The predicted octanol–water partition coefficient (Wildman–Crippen LogP) is 1.39. The van der Waals surface area contributed by atoms with Gasteiger partial charge in [0.25, 0.3) is 0 Å². The highest BCUT2D eigenvalue weighted by Gasteiger charge is 2.17. The summed E-state index contributed by atoms with van der Waals surface area (Å²) >= 11 is 0. The summed E-state index contributed by atoms with van der Waals surface area (Å²) in [7, 11) is 1.55. The minimum absolute atomic E-state index is 0.0233. The summed E-state index contributed by atoms with van der Waals surface area (Å²) in [6.45, 7) is 4.05. The molecule has 0 saturated heterocycles. The third-order valence-electron chi connectivity index (χ3n) is 4.59. The number of aryl methyl sites for hydroxylation is 2. The highest BCUT2D eigenvalue weighted by molar-refractivity contribution is 5.87. The summed E-state index contributed by atoms with van der Waals surface area (Å²) in [6.07, 6.45) is 1.84. The molecule has 0 aliphatic carbocycles. The molecule has 1 aromatic carbocycles. The Bertz CT molecular complexity index is 899. The molecule has 0 unspecified atom stereocenters. The van der Waals surface area contributed by atoms with E-state index in [1.54, 1.807) is 20.1 Å². The Morgan fingerprint density at radius 1 is 1.15 bits per heavy atom. The fourth-order valence-corrected chi connectivity index (χ4v) is 3.02. The molecule has 146 valence electrons. The van der Waals surface area contributed by atoms with Crippen molar-refractivity contribution in [1.29, 1.82) is 0 Å². The van der Waals surface area contributed by atoms with Gasteiger partial charge in [0.1, 0.15) is 11.3 Å². The Morgan fingerprint density at radius 2 is 1.89 bits per heavy atom. The number of amides is 1. The standard InChI is InChI=1S/C20H25NO6/c1-12-14-8-9-16(26-3)13(2)19(14)27-20(25)15(12)11-17(22)21-10-6-4-5-7-18(23)24/h8-9H,4-7,10-11H2,1-3H3,(H,21,22)(H,23,24)/p-1. The molecule has 0 fully saturated rings. The zero-order chi connectivity index (χ0) is 20.0. The number of hydrogen-bond acceptors (Lipinski definition) is 6. The molecule has 1 amide bonds. The molecule has 1 N–H and O–H groups in total. The van der Waals surface area contributed by atoms with Gasteiger partial charge in [-0.3, -0.25) is 4.79 Å². The summed E-state index contributed by atoms with van der Waals surface area (Å²) in [5, 5.41) is 13.9. The molecule has 2 aromatic rings. The van der Waals surface area contributed by atoms with Crippen molar-refractivity contribution in [2.24, 2.45) is 0 Å². The molecular formula is C20H24NO6-. The van der Waals surface area contributed by atoms with Crippen molar-refractivity contribution >= 4 is 22.8 Å². The number of unbranched alkanes of at least 4 members (excludes halogenated alkanes) is 2. The second-order valence-corrected chi connectivity index (χ2v) is 6.47. The van der Waals surface area contributed by atoms with E-state index in [1.165, 1.54) is 0 Å². The summed E-state index contributed by atoms with van der Waals surface area (Å²) in [5.41, 5.74) is 1.73. The highest BCUT2D eigenvalue weighted by Crippen LogP contribution is 2.29. The smallest absolute Gasteiger partial charge is 0.340 e. The van der Waals surface area contributed by atoms with Gasteiger partial charge >= 0.3 is 5.63 Å². The topological polar surface area (TPSA) is 109 Å². The first-order valence-corrected chi connectivity index (χ1v) is 8.91. The molecule has 2 rings (SSSR count). The van der Waals surface area contributed by atoms with Gasteiger partial charge in [-0.1, -0.05) is 6.42 Å². The highest BCUT2D eigenvalue weighted by atomic mass is 16.5. The van der Waals surface area contributed by atoms with Crippen molar-refractivity contribution < 1.29 is 23.8 Å². The molecule has 0 spiro atoms. The van der Waals surface area contributed by atoms with E-state index < -0.39 is 11.6 Å². The van der Waals surface area contributed by atoms with Crippen molar-refractivity contribution in [1.82, 2.24) is 5.32 Å². The zero-order valence-electron chi connectivity index (χ0n) is 15.8. The molecular weight excluding hydrogens is 350 g/mol. The Balaban J connectivity index is 2.05. The number of aliphatic carboxylic acids is 1. The molecule has 0 aliphatic heterocycles. The molecule has 0 aliphatic rings. The third-order valence-corrected chi connectivity index (χ3v) is 4.59. The number of carboxylic acids is 1. The van der Waals surface area contributed by atoms with Crippen LogP contribution in [-0.2, 0) is 16.0 Å². The zero-order valence-corrected chi connectivity index (χ0v) is 15.8. The SMILES string of the molecule is COc1ccc2c(C)c(CC(=O)NCCCCCC(=O)[O-])c(=O)oc2c1C. The van der Waals surface area contributed by atoms with Gasteiger partial charge < -0.3 is 24.4 Å². The minimum Gasteiger partial charge on any atom is -0.550 e. The van der Waals surface area contributed by atoms with Crippen molar-refractivity contribution in [2.75, 3.05) is 13.7 Å². The lowest BCUT2D eigenvalue weighted by molar-refractivity contribution is -0.305. The van der Waals surface area contributed by atoms with Gasteiger partial charge in [-0.25, -0.2) is 4.79 Å². The third kappa shape index (κ3) is 5.09. The van der Waals surface area contributed by atoms with E-state index in [2.05, 4.69) is 5.32 Å². The Hall–Kier alpha value is -2.83. The molecule has 0 saturated carbocycles. The summed E-state index contributed by atoms with van der Waals surface area (Å²) < 4.78 is 10.7. The fraction of sp³-hybridized carbons (Fsp3) is 0.450. The van der Waals surface area contributed by atoms with Gasteiger partial charge in [0.05, 0.1) is 19.1 Å². The van der Waals surface area contributed by atoms with Crippen molar-refractivity contribution in [2.45, 2.75) is 46.0 Å². The molecule has 27 heavy (non-hydrogen) atoms. The number of carbonyl (C=O) groups excluding carboxylic acids is 2. The maximum atomic E-state index is 12.4. The summed E-state index contributed by atoms with van der Waals surface area (Å²) in [4.78, 5) is 34.8. The van der Waals surface area contributed by atoms with Crippen LogP contribution in [0, 0.1) is 13.8 Å². The van der Waals surface area contributed by atoms with Gasteiger partial charge in [-0.05, 0) is 50.8 Å². The number of rotatable bonds is 9. The van der Waals surface area contributed by atoms with E-state index in [0.29, 0.717) is 42.7 Å². The van der Waals surface area contributed by atoms with Crippen LogP contribution in [-0.4, -0.2) is 25.5 Å². The van der Waals surface area contributed by atoms with Crippen LogP contribution in [0.2, 0.25) is 0 Å². The average molecular weight is 374 g/mol. The van der Waals surface area contributed by atoms with E-state index >= 15 is 0 Å². The summed E-state index contributed by atoms with van der Waals surface area (Å²) in [5.74, 6) is -0.700. The van der Waals surface area contributed by atoms with E-state index in [4.69, 9.17) is 9.15 Å². The number of fused-ring (bicyclic) bond motifs is 1. The molecule has 7 heteroatoms. The average Bonchev–Trinajstić information content (AvgIpc) is 2.62. The van der Waals surface area contributed by atoms with Gasteiger partial charge in [-0.15, -0.1) is 0 Å². The van der Waals surface area contributed by atoms with Crippen molar-refractivity contribution in [3.8, 4) is 5.75 Å². The maximum Gasteiger partial charge on any atom is 0.340 e. The lowest BCUT2D eigenvalue weighted by Gasteiger charge is -2.12. The van der Waals surface area contributed by atoms with Gasteiger partial charge in [0, 0.05) is 23.5 Å². The van der Waals surface area contributed by atoms with E-state index in [-0.39, 0.29) is 18.7 Å². The maximum absolute atomic E-state index is 12.4. The van der Waals surface area contributed by atoms with Crippen LogP contribution in [0.25, 0.3) is 11.0 Å². The van der Waals surface area contributed by atoms with E-state index in [0.717, 1.165) is 16.5 Å². The van der Waals surface area contributed by atoms with Gasteiger partial charge in [-0.2, -0.15) is 0 Å². The number of nitrogens with one attached hydrogen (secondary N) is 1. The monoisotopic (exact) mass is 374 g/mol. The molecule has 0 bridgehead atoms. The van der Waals surface area contributed by atoms with Gasteiger partial charge in [0.15, 0.2) is 0 Å². The molecule has 1 heterocycles. The number of methoxy groups -OCH3 is 1. The molecule has 0 radical (unpaired) electrons. The number of ether oxygens (including phenoxy) is 1. The predicted molar refractivity (Wildman–Crippen MR) is 98.7 cm³/mol. The first-order valence-electron chi connectivity index (χ1n) is 8.91. The second-order valence-electron chi connectivity index (χ2n) is 6.47. The molecule has 1 aromatic heterocycles. The van der Waals surface area contributed by atoms with Crippen LogP contribution < -0.4 is 20.8 Å². The Kier molecular flexibility index (Phi) is 6.98. The van der Waals surface area contributed by atoms with Crippen LogP contribution in [0.4, 0.5) is 0 Å². The van der Waals surface area contributed by atoms with Crippen molar-refractivity contribution in [3.05, 3.63) is 39.2 Å². The van der Waals surface area contributed by atoms with E-state index in [1.807, 2.05) is 13.0 Å². The van der Waals surface area contributed by atoms with Crippen LogP contribution in [0.5, 0.6) is 5.75 Å². The normalized spacial score (nSPS) is 10.8. The lowest BCUT2D eigenvalue weighted by Crippen LogP contribution is -2.28. The molecule has 0 atom stereocenters. The summed E-state index contributed by atoms with van der Waals surface area (Å²) in [6, 6.07) is 3.62. The number of benzene rings is 1. The second kappa shape index (κ2) is 9.21. The fourth-order valence-electron chi connectivity index (χ4n) is 3.02. The van der Waals surface area contributed by atoms with E-state index in [9.17, 15) is 19.5 Å². The quantitative estimate of drug-likeness (QED) is 0.525.